The molecule has 0 saturated heterocycles. The zero-order chi connectivity index (χ0) is 19.1. The fraction of sp³-hybridized carbons (Fsp3) is 0.381. The molecule has 0 unspecified atom stereocenters. The summed E-state index contributed by atoms with van der Waals surface area (Å²) in [5.74, 6) is 0.907. The Morgan fingerprint density at radius 1 is 1.00 bits per heavy atom. The van der Waals surface area contributed by atoms with Gasteiger partial charge in [0.1, 0.15) is 17.2 Å². The molecule has 0 amide bonds. The minimum Gasteiger partial charge on any atom is -0.364 e. The molecule has 1 N–H and O–H groups in total. The van der Waals surface area contributed by atoms with Crippen LogP contribution in [-0.2, 0) is 0 Å². The van der Waals surface area contributed by atoms with Gasteiger partial charge in [0.25, 0.3) is 0 Å². The van der Waals surface area contributed by atoms with Gasteiger partial charge in [-0.1, -0.05) is 62.2 Å². The van der Waals surface area contributed by atoms with Crippen molar-refractivity contribution in [3.8, 4) is 11.3 Å². The third-order valence-electron chi connectivity index (χ3n) is 4.14. The van der Waals surface area contributed by atoms with Crippen LogP contribution in [-0.4, -0.2) is 14.9 Å². The second-order valence-corrected chi connectivity index (χ2v) is 9.45. The van der Waals surface area contributed by atoms with E-state index in [4.69, 9.17) is 28.2 Å². The van der Waals surface area contributed by atoms with Crippen LogP contribution >= 0.6 is 23.2 Å². The molecule has 0 radical (unpaired) electrons. The smallest absolute Gasteiger partial charge is 0.139 e. The van der Waals surface area contributed by atoms with Crippen molar-refractivity contribution in [1.29, 1.82) is 0 Å². The molecule has 1 aromatic carbocycles. The van der Waals surface area contributed by atoms with Crippen LogP contribution in [0.3, 0.4) is 0 Å². The van der Waals surface area contributed by atoms with E-state index in [1.807, 2.05) is 47.0 Å². The standard InChI is InChI=1S/C21H25Cl2N3/c1-20(2,3)13-21(4,5)25-19-18(15-8-6-7-9-16(15)23)24-17-11-10-14(22)12-26(17)19/h6-12,25H,13H2,1-5H3. The lowest BCUT2D eigenvalue weighted by molar-refractivity contribution is 0.302. The predicted molar refractivity (Wildman–Crippen MR) is 112 cm³/mol. The van der Waals surface area contributed by atoms with Crippen LogP contribution in [0.5, 0.6) is 0 Å². The zero-order valence-corrected chi connectivity index (χ0v) is 17.4. The average molecular weight is 390 g/mol. The van der Waals surface area contributed by atoms with Gasteiger partial charge in [-0.15, -0.1) is 0 Å². The molecule has 138 valence electrons. The van der Waals surface area contributed by atoms with Crippen LogP contribution in [0.25, 0.3) is 16.9 Å². The van der Waals surface area contributed by atoms with Crippen molar-refractivity contribution in [1.82, 2.24) is 9.38 Å². The number of anilines is 1. The van der Waals surface area contributed by atoms with E-state index >= 15 is 0 Å². The summed E-state index contributed by atoms with van der Waals surface area (Å²) >= 11 is 12.7. The Hall–Kier alpha value is -1.71. The van der Waals surface area contributed by atoms with Crippen LogP contribution in [0.15, 0.2) is 42.6 Å². The maximum Gasteiger partial charge on any atom is 0.139 e. The highest BCUT2D eigenvalue weighted by Gasteiger charge is 2.28. The fourth-order valence-electron chi connectivity index (χ4n) is 3.67. The highest BCUT2D eigenvalue weighted by Crippen LogP contribution is 2.37. The Balaban J connectivity index is 2.17. The van der Waals surface area contributed by atoms with Crippen LogP contribution in [0.4, 0.5) is 5.82 Å². The Morgan fingerprint density at radius 2 is 1.69 bits per heavy atom. The van der Waals surface area contributed by atoms with E-state index in [0.29, 0.717) is 10.0 Å². The van der Waals surface area contributed by atoms with E-state index in [1.54, 1.807) is 0 Å². The Labute approximate surface area is 165 Å². The molecule has 5 heteroatoms. The minimum atomic E-state index is -0.132. The van der Waals surface area contributed by atoms with Crippen molar-refractivity contribution in [2.75, 3.05) is 5.32 Å². The Morgan fingerprint density at radius 3 is 2.35 bits per heavy atom. The van der Waals surface area contributed by atoms with E-state index < -0.39 is 0 Å². The number of hydrogen-bond acceptors (Lipinski definition) is 2. The lowest BCUT2D eigenvalue weighted by atomic mass is 9.82. The van der Waals surface area contributed by atoms with Gasteiger partial charge < -0.3 is 5.32 Å². The second kappa shape index (κ2) is 6.79. The number of fused-ring (bicyclic) bond motifs is 1. The molecule has 3 aromatic rings. The predicted octanol–water partition coefficient (Wildman–Crippen LogP) is 6.93. The third kappa shape index (κ3) is 4.16. The number of halogens is 2. The van der Waals surface area contributed by atoms with Crippen LogP contribution < -0.4 is 5.32 Å². The summed E-state index contributed by atoms with van der Waals surface area (Å²) < 4.78 is 2.01. The summed E-state index contributed by atoms with van der Waals surface area (Å²) in [6, 6.07) is 11.6. The van der Waals surface area contributed by atoms with Crippen molar-refractivity contribution >= 4 is 34.7 Å². The van der Waals surface area contributed by atoms with Crippen molar-refractivity contribution < 1.29 is 0 Å². The minimum absolute atomic E-state index is 0.132. The fourth-order valence-corrected chi connectivity index (χ4v) is 4.06. The first kappa shape index (κ1) is 19.1. The van der Waals surface area contributed by atoms with Crippen molar-refractivity contribution in [2.45, 2.75) is 46.6 Å². The number of aromatic nitrogens is 2. The van der Waals surface area contributed by atoms with Gasteiger partial charge in [-0.3, -0.25) is 4.40 Å². The van der Waals surface area contributed by atoms with Gasteiger partial charge in [-0.05, 0) is 43.9 Å². The van der Waals surface area contributed by atoms with Gasteiger partial charge in [-0.25, -0.2) is 4.98 Å². The summed E-state index contributed by atoms with van der Waals surface area (Å²) in [6.07, 6.45) is 2.88. The molecule has 0 spiro atoms. The summed E-state index contributed by atoms with van der Waals surface area (Å²) in [4.78, 5) is 4.82. The number of pyridine rings is 1. The van der Waals surface area contributed by atoms with E-state index in [9.17, 15) is 0 Å². The van der Waals surface area contributed by atoms with Crippen molar-refractivity contribution in [3.63, 3.8) is 0 Å². The molecule has 26 heavy (non-hydrogen) atoms. The Bertz CT molecular complexity index is 936. The molecule has 0 atom stereocenters. The van der Waals surface area contributed by atoms with E-state index in [1.165, 1.54) is 0 Å². The maximum atomic E-state index is 6.46. The van der Waals surface area contributed by atoms with Crippen molar-refractivity contribution in [2.24, 2.45) is 5.41 Å². The molecule has 0 aliphatic carbocycles. The molecule has 0 bridgehead atoms. The summed E-state index contributed by atoms with van der Waals surface area (Å²) in [7, 11) is 0. The molecule has 3 nitrogen and oxygen atoms in total. The van der Waals surface area contributed by atoms with E-state index in [-0.39, 0.29) is 11.0 Å². The highest BCUT2D eigenvalue weighted by molar-refractivity contribution is 6.33. The SMILES string of the molecule is CC(C)(C)CC(C)(C)Nc1c(-c2ccccc2Cl)nc2ccc(Cl)cn12. The first-order chi connectivity index (χ1) is 12.1. The van der Waals surface area contributed by atoms with Crippen molar-refractivity contribution in [3.05, 3.63) is 52.6 Å². The van der Waals surface area contributed by atoms with Gasteiger partial charge >= 0.3 is 0 Å². The monoisotopic (exact) mass is 389 g/mol. The number of benzene rings is 1. The first-order valence-corrected chi connectivity index (χ1v) is 9.52. The average Bonchev–Trinajstić information content (AvgIpc) is 2.82. The summed E-state index contributed by atoms with van der Waals surface area (Å²) in [5.41, 5.74) is 2.63. The number of imidazole rings is 1. The van der Waals surface area contributed by atoms with Crippen LogP contribution in [0.2, 0.25) is 10.0 Å². The molecule has 0 saturated carbocycles. The molecule has 0 aliphatic heterocycles. The molecule has 0 aliphatic rings. The van der Waals surface area contributed by atoms with Crippen LogP contribution in [0.1, 0.15) is 41.0 Å². The molecular formula is C21H25Cl2N3. The number of rotatable bonds is 4. The first-order valence-electron chi connectivity index (χ1n) is 8.76. The van der Waals surface area contributed by atoms with Gasteiger partial charge in [0, 0.05) is 17.3 Å². The van der Waals surface area contributed by atoms with Crippen LogP contribution in [0, 0.1) is 5.41 Å². The van der Waals surface area contributed by atoms with Gasteiger partial charge in [-0.2, -0.15) is 0 Å². The summed E-state index contributed by atoms with van der Waals surface area (Å²) in [5, 5.41) is 5.05. The molecule has 2 heterocycles. The number of nitrogens with zero attached hydrogens (tertiary/aromatic N) is 2. The van der Waals surface area contributed by atoms with Gasteiger partial charge in [0.05, 0.1) is 10.0 Å². The number of hydrogen-bond donors (Lipinski definition) is 1. The quantitative estimate of drug-likeness (QED) is 0.523. The van der Waals surface area contributed by atoms with E-state index in [2.05, 4.69) is 39.9 Å². The summed E-state index contributed by atoms with van der Waals surface area (Å²) in [6.45, 7) is 11.2. The Kier molecular flexibility index (Phi) is 4.98. The zero-order valence-electron chi connectivity index (χ0n) is 15.9. The second-order valence-electron chi connectivity index (χ2n) is 8.61. The molecule has 0 fully saturated rings. The maximum absolute atomic E-state index is 6.46. The molecule has 2 aromatic heterocycles. The van der Waals surface area contributed by atoms with Gasteiger partial charge in [0.15, 0.2) is 0 Å². The third-order valence-corrected chi connectivity index (χ3v) is 4.69. The normalized spacial score (nSPS) is 12.6. The topological polar surface area (TPSA) is 29.3 Å². The lowest BCUT2D eigenvalue weighted by Gasteiger charge is -2.34. The largest absolute Gasteiger partial charge is 0.364 e. The highest BCUT2D eigenvalue weighted by atomic mass is 35.5. The number of nitrogens with one attached hydrogen (secondary N) is 1. The lowest BCUT2D eigenvalue weighted by Crippen LogP contribution is -2.36. The van der Waals surface area contributed by atoms with E-state index in [0.717, 1.165) is 29.1 Å². The van der Waals surface area contributed by atoms with Gasteiger partial charge in [0.2, 0.25) is 0 Å². The molecular weight excluding hydrogens is 365 g/mol. The molecule has 3 rings (SSSR count).